The van der Waals surface area contributed by atoms with Crippen molar-refractivity contribution < 1.29 is 44.7 Å². The Bertz CT molecular complexity index is 1920. The van der Waals surface area contributed by atoms with Crippen LogP contribution in [0, 0.1) is 23.0 Å². The van der Waals surface area contributed by atoms with Gasteiger partial charge in [-0.05, 0) is 35.9 Å². The summed E-state index contributed by atoms with van der Waals surface area (Å²) in [5.41, 5.74) is 0.874. The number of rotatable bonds is 7. The molecule has 0 unspecified atom stereocenters. The van der Waals surface area contributed by atoms with E-state index < -0.39 is 54.7 Å². The lowest BCUT2D eigenvalue weighted by Crippen LogP contribution is -2.43. The molecule has 3 heterocycles. The molecule has 4 aromatic rings. The van der Waals surface area contributed by atoms with Crippen molar-refractivity contribution in [2.75, 3.05) is 42.7 Å². The number of anilines is 2. The number of benzene rings is 2. The number of aromatic nitrogens is 2. The van der Waals surface area contributed by atoms with E-state index in [0.29, 0.717) is 66.0 Å². The van der Waals surface area contributed by atoms with Crippen LogP contribution in [0.3, 0.4) is 0 Å². The molecule has 1 aliphatic heterocycles. The van der Waals surface area contributed by atoms with E-state index in [4.69, 9.17) is 4.74 Å². The molecule has 0 radical (unpaired) electrons. The van der Waals surface area contributed by atoms with Crippen LogP contribution in [0.15, 0.2) is 59.8 Å². The van der Waals surface area contributed by atoms with Crippen molar-refractivity contribution in [2.24, 2.45) is 0 Å². The van der Waals surface area contributed by atoms with Crippen LogP contribution >= 0.6 is 0 Å². The molecule has 1 fully saturated rings. The first-order valence-corrected chi connectivity index (χ1v) is 14.4. The number of hydrogen-bond donors (Lipinski definition) is 1. The highest BCUT2D eigenvalue weighted by atomic mass is 32.2. The number of sulfonamides is 1. The number of fused-ring (bicyclic) bond motifs is 1. The Hall–Kier alpha value is -5.08. The summed E-state index contributed by atoms with van der Waals surface area (Å²) in [6.45, 7) is 2.47. The fourth-order valence-electron chi connectivity index (χ4n) is 4.72. The van der Waals surface area contributed by atoms with E-state index in [9.17, 15) is 40.4 Å². The minimum absolute atomic E-state index is 0.0681. The quantitative estimate of drug-likeness (QED) is 0.231. The first kappa shape index (κ1) is 31.3. The average molecular weight is 649 g/mol. The molecule has 0 aliphatic carbocycles. The topological polar surface area (TPSA) is 138 Å². The smallest absolute Gasteiger partial charge is 0.479 e. The van der Waals surface area contributed by atoms with Gasteiger partial charge in [0.25, 0.3) is 0 Å². The summed E-state index contributed by atoms with van der Waals surface area (Å²) in [4.78, 5) is 24.7. The lowest BCUT2D eigenvalue weighted by Gasteiger charge is -2.31. The average Bonchev–Trinajstić information content (AvgIpc) is 3.02. The highest BCUT2D eigenvalue weighted by Crippen LogP contribution is 2.39. The normalized spacial score (nSPS) is 13.8. The number of alkyl halides is 3. The van der Waals surface area contributed by atoms with Gasteiger partial charge in [-0.2, -0.15) is 26.9 Å². The van der Waals surface area contributed by atoms with E-state index in [0.717, 1.165) is 19.2 Å². The second-order valence-corrected chi connectivity index (χ2v) is 11.2. The van der Waals surface area contributed by atoms with E-state index in [1.807, 2.05) is 4.90 Å². The van der Waals surface area contributed by atoms with E-state index in [-0.39, 0.29) is 5.56 Å². The van der Waals surface area contributed by atoms with Gasteiger partial charge in [0.2, 0.25) is 5.88 Å². The van der Waals surface area contributed by atoms with E-state index in [1.165, 1.54) is 12.4 Å². The Balaban J connectivity index is 1.71. The molecule has 17 heteroatoms. The predicted molar refractivity (Wildman–Crippen MR) is 149 cm³/mol. The Labute approximate surface area is 252 Å². The molecule has 0 atom stereocenters. The summed E-state index contributed by atoms with van der Waals surface area (Å²) in [6.07, 6.45) is -3.08. The van der Waals surface area contributed by atoms with E-state index in [1.54, 1.807) is 18.2 Å². The zero-order valence-electron chi connectivity index (χ0n) is 23.1. The maximum Gasteiger partial charge on any atom is 0.493 e. The van der Waals surface area contributed by atoms with Crippen molar-refractivity contribution in [2.45, 2.75) is 11.1 Å². The van der Waals surface area contributed by atoms with Gasteiger partial charge in [0.1, 0.15) is 17.7 Å². The summed E-state index contributed by atoms with van der Waals surface area (Å²) in [7, 11) is -4.71. The summed E-state index contributed by atoms with van der Waals surface area (Å²) in [5, 5.41) is 13.6. The van der Waals surface area contributed by atoms with Gasteiger partial charge in [-0.1, -0.05) is 16.6 Å². The van der Waals surface area contributed by atoms with Crippen LogP contribution in [-0.4, -0.2) is 63.8 Å². The second-order valence-electron chi connectivity index (χ2n) is 9.51. The van der Waals surface area contributed by atoms with Gasteiger partial charge in [-0.3, -0.25) is 4.98 Å². The number of carbonyl (C=O) groups excluding carboxylic acids is 1. The number of ether oxygens (including phenoxy) is 1. The van der Waals surface area contributed by atoms with Crippen LogP contribution in [-0.2, 0) is 19.7 Å². The summed E-state index contributed by atoms with van der Waals surface area (Å²) in [6, 6.07) is 9.80. The lowest BCUT2D eigenvalue weighted by atomic mass is 10.0. The van der Waals surface area contributed by atoms with Crippen LogP contribution in [0.2, 0.25) is 0 Å². The van der Waals surface area contributed by atoms with Crippen LogP contribution in [0.4, 0.5) is 33.3 Å². The van der Waals surface area contributed by atoms with Crippen molar-refractivity contribution in [3.05, 3.63) is 72.1 Å². The zero-order chi connectivity index (χ0) is 32.5. The van der Waals surface area contributed by atoms with Gasteiger partial charge in [0.15, 0.2) is 10.6 Å². The fraction of sp³-hybridized carbons (Fsp3) is 0.214. The van der Waals surface area contributed by atoms with Gasteiger partial charge >= 0.3 is 22.2 Å². The molecule has 11 nitrogen and oxygen atoms in total. The highest BCUT2D eigenvalue weighted by molar-refractivity contribution is 7.92. The van der Waals surface area contributed by atoms with Gasteiger partial charge < -0.3 is 19.8 Å². The Morgan fingerprint density at radius 3 is 2.36 bits per heavy atom. The van der Waals surface area contributed by atoms with Crippen molar-refractivity contribution in [1.82, 2.24) is 15.3 Å². The number of halogens is 5. The molecule has 1 N–H and O–H groups in total. The third-order valence-corrected chi connectivity index (χ3v) is 8.36. The molecular weight excluding hydrogens is 627 g/mol. The highest BCUT2D eigenvalue weighted by Gasteiger charge is 2.46. The minimum Gasteiger partial charge on any atom is -0.479 e. The number of nitriles is 1. The molecule has 5 rings (SSSR count). The number of piperazine rings is 1. The number of nitrogens with one attached hydrogen (secondary N) is 1. The van der Waals surface area contributed by atoms with Crippen LogP contribution in [0.1, 0.15) is 5.56 Å². The molecule has 45 heavy (non-hydrogen) atoms. The Kier molecular flexibility index (Phi) is 8.45. The summed E-state index contributed by atoms with van der Waals surface area (Å²) < 4.78 is 101. The first-order valence-electron chi connectivity index (χ1n) is 13.0. The van der Waals surface area contributed by atoms with Crippen LogP contribution < -0.4 is 19.4 Å². The standard InChI is InChI=1S/C28H21F5N6O5S/c1-43-26-23(39(44-27(40)28(31,32)33)45(41,42)25-20(29)3-2-4-21(25)30)12-17(14-37-26)16-5-6-22-19(11-16)24(18(13-34)15-36-22)38-9-7-35-8-10-38/h2-6,11-12,14-15,35H,7-10H2,1H3. The van der Waals surface area contributed by atoms with Gasteiger partial charge in [0.05, 0.1) is 23.9 Å². The SMILES string of the molecule is COc1ncc(-c2ccc3ncc(C#N)c(N4CCNCC4)c3c2)cc1N(OC(=O)C(F)(F)F)S(=O)(=O)c1c(F)cccc1F. The van der Waals surface area contributed by atoms with Crippen molar-refractivity contribution in [3.63, 3.8) is 0 Å². The lowest BCUT2D eigenvalue weighted by molar-refractivity contribution is -0.199. The molecule has 0 spiro atoms. The predicted octanol–water partition coefficient (Wildman–Crippen LogP) is 4.08. The molecule has 0 amide bonds. The first-order chi connectivity index (χ1) is 21.4. The summed E-state index contributed by atoms with van der Waals surface area (Å²) in [5.74, 6) is -7.00. The van der Waals surface area contributed by atoms with E-state index >= 15 is 0 Å². The molecule has 2 aromatic heterocycles. The van der Waals surface area contributed by atoms with Gasteiger partial charge in [-0.25, -0.2) is 18.6 Å². The maximum atomic E-state index is 14.6. The monoisotopic (exact) mass is 648 g/mol. The number of methoxy groups -OCH3 is 1. The maximum absolute atomic E-state index is 14.6. The van der Waals surface area contributed by atoms with Crippen molar-refractivity contribution >= 4 is 38.3 Å². The number of hydrogen-bond acceptors (Lipinski definition) is 10. The molecule has 1 saturated heterocycles. The van der Waals surface area contributed by atoms with Crippen molar-refractivity contribution in [3.8, 4) is 23.1 Å². The molecule has 1 aliphatic rings. The van der Waals surface area contributed by atoms with Crippen LogP contribution in [0.25, 0.3) is 22.0 Å². The molecule has 0 saturated carbocycles. The van der Waals surface area contributed by atoms with Gasteiger partial charge in [0, 0.05) is 49.5 Å². The second kappa shape index (κ2) is 12.1. The van der Waals surface area contributed by atoms with Crippen LogP contribution in [0.5, 0.6) is 5.88 Å². The number of pyridine rings is 2. The molecule has 234 valence electrons. The third-order valence-electron chi connectivity index (χ3n) is 6.74. The Morgan fingerprint density at radius 1 is 1.04 bits per heavy atom. The number of carbonyl (C=O) groups is 1. The third kappa shape index (κ3) is 6.01. The Morgan fingerprint density at radius 2 is 1.73 bits per heavy atom. The fourth-order valence-corrected chi connectivity index (χ4v) is 6.07. The van der Waals surface area contributed by atoms with Gasteiger partial charge in [-0.15, -0.1) is 0 Å². The van der Waals surface area contributed by atoms with Crippen molar-refractivity contribution in [1.29, 1.82) is 5.26 Å². The molecule has 2 aromatic carbocycles. The molecular formula is C28H21F5N6O5S. The van der Waals surface area contributed by atoms with E-state index in [2.05, 4.69) is 26.2 Å². The zero-order valence-corrected chi connectivity index (χ0v) is 23.9. The summed E-state index contributed by atoms with van der Waals surface area (Å²) >= 11 is 0. The largest absolute Gasteiger partial charge is 0.493 e. The molecule has 0 bridgehead atoms. The minimum atomic E-state index is -5.71. The number of nitrogens with zero attached hydrogens (tertiary/aromatic N) is 5.